The van der Waals surface area contributed by atoms with E-state index in [9.17, 15) is 0 Å². The van der Waals surface area contributed by atoms with E-state index in [-0.39, 0.29) is 4.83 Å². The molecule has 0 saturated carbocycles. The van der Waals surface area contributed by atoms with Gasteiger partial charge in [-0.15, -0.1) is 5.10 Å². The quantitative estimate of drug-likeness (QED) is 0.819. The highest BCUT2D eigenvalue weighted by molar-refractivity contribution is 9.09. The number of alkyl halides is 1. The molecular formula is C10H10BrClN4. The minimum absolute atomic E-state index is 0.203. The first-order chi connectivity index (χ1) is 7.66. The van der Waals surface area contributed by atoms with Crippen molar-refractivity contribution in [1.82, 2.24) is 20.0 Å². The number of aromatic nitrogens is 4. The third-order valence-corrected chi connectivity index (χ3v) is 2.96. The molecule has 0 aliphatic rings. The fraction of sp³-hybridized carbons (Fsp3) is 0.300. The van der Waals surface area contributed by atoms with E-state index in [1.807, 2.05) is 19.2 Å². The van der Waals surface area contributed by atoms with Gasteiger partial charge in [0.25, 0.3) is 0 Å². The molecule has 0 aliphatic carbocycles. The van der Waals surface area contributed by atoms with E-state index in [1.165, 1.54) is 0 Å². The van der Waals surface area contributed by atoms with Crippen LogP contribution < -0.4 is 0 Å². The second-order valence-electron chi connectivity index (χ2n) is 3.42. The lowest BCUT2D eigenvalue weighted by molar-refractivity contribution is 0.649. The van der Waals surface area contributed by atoms with E-state index in [4.69, 9.17) is 11.6 Å². The van der Waals surface area contributed by atoms with Crippen molar-refractivity contribution in [1.29, 1.82) is 0 Å². The smallest absolute Gasteiger partial charge is 0.0960 e. The zero-order valence-electron chi connectivity index (χ0n) is 8.64. The Morgan fingerprint density at radius 1 is 1.56 bits per heavy atom. The summed E-state index contributed by atoms with van der Waals surface area (Å²) in [5, 5.41) is 8.73. The zero-order valence-corrected chi connectivity index (χ0v) is 11.0. The topological polar surface area (TPSA) is 43.6 Å². The molecule has 16 heavy (non-hydrogen) atoms. The van der Waals surface area contributed by atoms with Crippen molar-refractivity contribution in [2.75, 3.05) is 0 Å². The van der Waals surface area contributed by atoms with Gasteiger partial charge in [0.05, 0.1) is 22.1 Å². The number of hydrogen-bond donors (Lipinski definition) is 0. The van der Waals surface area contributed by atoms with Crippen molar-refractivity contribution < 1.29 is 0 Å². The largest absolute Gasteiger partial charge is 0.263 e. The van der Waals surface area contributed by atoms with Gasteiger partial charge in [-0.2, -0.15) is 0 Å². The molecule has 2 aromatic heterocycles. The van der Waals surface area contributed by atoms with Gasteiger partial charge in [-0.1, -0.05) is 32.7 Å². The molecule has 0 bridgehead atoms. The van der Waals surface area contributed by atoms with Crippen LogP contribution in [-0.2, 0) is 6.54 Å². The van der Waals surface area contributed by atoms with Crippen molar-refractivity contribution >= 4 is 27.5 Å². The van der Waals surface area contributed by atoms with E-state index in [0.29, 0.717) is 11.6 Å². The minimum atomic E-state index is 0.203. The summed E-state index contributed by atoms with van der Waals surface area (Å²) in [5.74, 6) is 0. The molecule has 0 amide bonds. The number of hydrogen-bond acceptors (Lipinski definition) is 3. The number of pyridine rings is 1. The summed E-state index contributed by atoms with van der Waals surface area (Å²) in [7, 11) is 0. The highest BCUT2D eigenvalue weighted by atomic mass is 79.9. The summed E-state index contributed by atoms with van der Waals surface area (Å²) in [4.78, 5) is 4.14. The van der Waals surface area contributed by atoms with Crippen molar-refractivity contribution in [3.05, 3.63) is 40.9 Å². The van der Waals surface area contributed by atoms with Crippen LogP contribution in [0.3, 0.4) is 0 Å². The van der Waals surface area contributed by atoms with Crippen LogP contribution >= 0.6 is 27.5 Å². The maximum Gasteiger partial charge on any atom is 0.0960 e. The van der Waals surface area contributed by atoms with Gasteiger partial charge in [0.1, 0.15) is 0 Å². The highest BCUT2D eigenvalue weighted by Crippen LogP contribution is 2.19. The Morgan fingerprint density at radius 2 is 2.38 bits per heavy atom. The Hall–Kier alpha value is -0.940. The van der Waals surface area contributed by atoms with E-state index in [0.717, 1.165) is 11.3 Å². The van der Waals surface area contributed by atoms with Crippen LogP contribution in [0.2, 0.25) is 5.02 Å². The van der Waals surface area contributed by atoms with Crippen molar-refractivity contribution in [3.63, 3.8) is 0 Å². The maximum atomic E-state index is 6.01. The molecule has 0 spiro atoms. The summed E-state index contributed by atoms with van der Waals surface area (Å²) >= 11 is 9.45. The molecular weight excluding hydrogens is 291 g/mol. The molecule has 1 unspecified atom stereocenters. The molecule has 4 nitrogen and oxygen atoms in total. The average Bonchev–Trinajstić information content (AvgIpc) is 2.70. The molecule has 84 valence electrons. The predicted octanol–water partition coefficient (Wildman–Crippen LogP) is 2.83. The van der Waals surface area contributed by atoms with Gasteiger partial charge in [-0.3, -0.25) is 4.98 Å². The van der Waals surface area contributed by atoms with Crippen LogP contribution in [0.15, 0.2) is 24.7 Å². The molecule has 0 aromatic carbocycles. The van der Waals surface area contributed by atoms with Crippen molar-refractivity contribution in [2.24, 2.45) is 0 Å². The van der Waals surface area contributed by atoms with Gasteiger partial charge < -0.3 is 0 Å². The van der Waals surface area contributed by atoms with Crippen LogP contribution in [-0.4, -0.2) is 20.0 Å². The molecule has 2 rings (SSSR count). The Kier molecular flexibility index (Phi) is 3.56. The van der Waals surface area contributed by atoms with Gasteiger partial charge in [0, 0.05) is 18.6 Å². The summed E-state index contributed by atoms with van der Waals surface area (Å²) in [6.45, 7) is 2.61. The summed E-state index contributed by atoms with van der Waals surface area (Å²) < 4.78 is 1.76. The number of rotatable bonds is 3. The maximum absolute atomic E-state index is 6.01. The first-order valence-electron chi connectivity index (χ1n) is 4.79. The van der Waals surface area contributed by atoms with Crippen LogP contribution in [0.1, 0.15) is 23.0 Å². The predicted molar refractivity (Wildman–Crippen MR) is 65.7 cm³/mol. The van der Waals surface area contributed by atoms with Gasteiger partial charge >= 0.3 is 0 Å². The third kappa shape index (κ3) is 2.59. The Bertz CT molecular complexity index is 483. The molecule has 0 N–H and O–H groups in total. The number of halogens is 2. The third-order valence-electron chi connectivity index (χ3n) is 2.15. The van der Waals surface area contributed by atoms with E-state index in [2.05, 4.69) is 31.2 Å². The molecule has 0 fully saturated rings. The Labute approximate surface area is 107 Å². The minimum Gasteiger partial charge on any atom is -0.263 e. The average molecular weight is 302 g/mol. The fourth-order valence-corrected chi connectivity index (χ4v) is 1.67. The lowest BCUT2D eigenvalue weighted by Gasteiger charge is -2.02. The van der Waals surface area contributed by atoms with Crippen LogP contribution in [0, 0.1) is 0 Å². The van der Waals surface area contributed by atoms with E-state index in [1.54, 1.807) is 17.1 Å². The van der Waals surface area contributed by atoms with Gasteiger partial charge in [0.2, 0.25) is 0 Å². The van der Waals surface area contributed by atoms with Crippen LogP contribution in [0.5, 0.6) is 0 Å². The second-order valence-corrected chi connectivity index (χ2v) is 5.20. The lowest BCUT2D eigenvalue weighted by atomic mass is 10.3. The molecule has 0 radical (unpaired) electrons. The fourth-order valence-electron chi connectivity index (χ4n) is 1.28. The molecule has 2 heterocycles. The summed E-state index contributed by atoms with van der Waals surface area (Å²) in [5.41, 5.74) is 1.89. The lowest BCUT2D eigenvalue weighted by Crippen LogP contribution is -2.01. The van der Waals surface area contributed by atoms with Gasteiger partial charge in [-0.25, -0.2) is 4.68 Å². The zero-order chi connectivity index (χ0) is 11.5. The van der Waals surface area contributed by atoms with E-state index < -0.39 is 0 Å². The Balaban J connectivity index is 2.18. The second kappa shape index (κ2) is 4.93. The first kappa shape index (κ1) is 11.5. The van der Waals surface area contributed by atoms with Gasteiger partial charge in [0.15, 0.2) is 0 Å². The molecule has 0 saturated heterocycles. The van der Waals surface area contributed by atoms with Crippen molar-refractivity contribution in [2.45, 2.75) is 18.3 Å². The van der Waals surface area contributed by atoms with Gasteiger partial charge in [-0.05, 0) is 18.6 Å². The normalized spacial score (nSPS) is 12.7. The Morgan fingerprint density at radius 3 is 3.00 bits per heavy atom. The molecule has 0 aliphatic heterocycles. The van der Waals surface area contributed by atoms with Crippen LogP contribution in [0.25, 0.3) is 0 Å². The highest BCUT2D eigenvalue weighted by Gasteiger charge is 2.07. The van der Waals surface area contributed by atoms with Crippen molar-refractivity contribution in [3.8, 4) is 0 Å². The number of nitrogens with zero attached hydrogens (tertiary/aromatic N) is 4. The standard InChI is InChI=1S/C10H10BrClN4/c1-7(11)10-6-16(15-14-10)5-8-2-3-13-4-9(8)12/h2-4,6-7H,5H2,1H3. The molecule has 2 aromatic rings. The molecule has 6 heteroatoms. The SMILES string of the molecule is CC(Br)c1cn(Cc2ccncc2Cl)nn1. The summed E-state index contributed by atoms with van der Waals surface area (Å²) in [6.07, 6.45) is 5.24. The first-order valence-corrected chi connectivity index (χ1v) is 6.08. The van der Waals surface area contributed by atoms with Crippen LogP contribution in [0.4, 0.5) is 0 Å². The summed E-state index contributed by atoms with van der Waals surface area (Å²) in [6, 6.07) is 1.88. The molecule has 1 atom stereocenters. The monoisotopic (exact) mass is 300 g/mol. The van der Waals surface area contributed by atoms with E-state index >= 15 is 0 Å².